The van der Waals surface area contributed by atoms with Crippen molar-refractivity contribution in [2.45, 2.75) is 50.5 Å². The van der Waals surface area contributed by atoms with Gasteiger partial charge in [0.1, 0.15) is 6.10 Å². The third-order valence-electron chi connectivity index (χ3n) is 4.29. The van der Waals surface area contributed by atoms with E-state index in [9.17, 15) is 15.0 Å². The van der Waals surface area contributed by atoms with Gasteiger partial charge in [-0.1, -0.05) is 13.3 Å². The quantitative estimate of drug-likeness (QED) is 0.591. The summed E-state index contributed by atoms with van der Waals surface area (Å²) in [5, 5.41) is 19.6. The predicted octanol–water partition coefficient (Wildman–Crippen LogP) is -0.313. The van der Waals surface area contributed by atoms with Crippen LogP contribution in [0.2, 0.25) is 0 Å². The van der Waals surface area contributed by atoms with Gasteiger partial charge in [0.25, 0.3) is 5.56 Å². The summed E-state index contributed by atoms with van der Waals surface area (Å²) in [7, 11) is 0. The number of hydrogen-bond acceptors (Lipinski definition) is 7. The van der Waals surface area contributed by atoms with Crippen LogP contribution in [0.3, 0.4) is 0 Å². The smallest absolute Gasteiger partial charge is 0.280 e. The normalized spacial score (nSPS) is 27.8. The van der Waals surface area contributed by atoms with Gasteiger partial charge in [-0.05, 0) is 12.8 Å². The number of anilines is 1. The van der Waals surface area contributed by atoms with Gasteiger partial charge >= 0.3 is 0 Å². The molecular weight excluding hydrogens is 302 g/mol. The number of fused-ring (bicyclic) bond motifs is 1. The van der Waals surface area contributed by atoms with Gasteiger partial charge in [0, 0.05) is 6.42 Å². The van der Waals surface area contributed by atoms with Gasteiger partial charge in [-0.15, -0.1) is 0 Å². The lowest BCUT2D eigenvalue weighted by molar-refractivity contribution is -0.120. The summed E-state index contributed by atoms with van der Waals surface area (Å²) >= 11 is 0. The Hall–Kier alpha value is -1.97. The Morgan fingerprint density at radius 3 is 3.04 bits per heavy atom. The number of imidazole rings is 1. The molecule has 2 aromatic rings. The van der Waals surface area contributed by atoms with Crippen molar-refractivity contribution in [2.75, 3.05) is 12.3 Å². The van der Waals surface area contributed by atoms with Crippen molar-refractivity contribution in [3.05, 3.63) is 16.7 Å². The first-order chi connectivity index (χ1) is 11.0. The molecule has 9 heteroatoms. The average molecular weight is 323 g/mol. The van der Waals surface area contributed by atoms with Crippen molar-refractivity contribution in [1.29, 1.82) is 0 Å². The van der Waals surface area contributed by atoms with Crippen LogP contribution in [0.25, 0.3) is 11.2 Å². The monoisotopic (exact) mass is 323 g/mol. The van der Waals surface area contributed by atoms with E-state index in [0.717, 1.165) is 12.8 Å². The molecule has 3 atom stereocenters. The second-order valence-corrected chi connectivity index (χ2v) is 5.90. The highest BCUT2D eigenvalue weighted by Gasteiger charge is 2.47. The number of aliphatic hydroxyl groups excluding tert-OH is 2. The van der Waals surface area contributed by atoms with Gasteiger partial charge in [-0.2, -0.15) is 4.98 Å². The van der Waals surface area contributed by atoms with E-state index in [-0.39, 0.29) is 24.5 Å². The van der Waals surface area contributed by atoms with E-state index in [4.69, 9.17) is 10.5 Å². The summed E-state index contributed by atoms with van der Waals surface area (Å²) in [5.41, 5.74) is 4.80. The minimum atomic E-state index is -0.898. The van der Waals surface area contributed by atoms with Crippen LogP contribution in [0.5, 0.6) is 0 Å². The van der Waals surface area contributed by atoms with Gasteiger partial charge in [-0.25, -0.2) is 4.98 Å². The number of aliphatic hydroxyl groups is 2. The SMILES string of the molecule is CCCC[C@]1(n2cnc3c(=O)[nH]c(N)nc32)C[C@H](O)[C@@H](CO)O1. The van der Waals surface area contributed by atoms with Crippen molar-refractivity contribution in [3.8, 4) is 0 Å². The van der Waals surface area contributed by atoms with Crippen LogP contribution >= 0.6 is 0 Å². The summed E-state index contributed by atoms with van der Waals surface area (Å²) in [4.78, 5) is 22.6. The highest BCUT2D eigenvalue weighted by molar-refractivity contribution is 5.70. The third-order valence-corrected chi connectivity index (χ3v) is 4.29. The number of nitrogens with two attached hydrogens (primary N) is 1. The molecule has 3 rings (SSSR count). The van der Waals surface area contributed by atoms with Crippen LogP contribution in [0, 0.1) is 0 Å². The highest BCUT2D eigenvalue weighted by atomic mass is 16.6. The Kier molecular flexibility index (Phi) is 4.09. The summed E-state index contributed by atoms with van der Waals surface area (Å²) in [6.45, 7) is 1.77. The molecule has 0 bridgehead atoms. The fourth-order valence-electron chi connectivity index (χ4n) is 3.14. The summed E-state index contributed by atoms with van der Waals surface area (Å²) < 4.78 is 7.63. The maximum Gasteiger partial charge on any atom is 0.280 e. The first kappa shape index (κ1) is 15.9. The molecular formula is C14H21N5O4. The van der Waals surface area contributed by atoms with Crippen LogP contribution in [0.4, 0.5) is 5.95 Å². The lowest BCUT2D eigenvalue weighted by Gasteiger charge is -2.31. The van der Waals surface area contributed by atoms with Gasteiger partial charge in [0.05, 0.1) is 19.0 Å². The fourth-order valence-corrected chi connectivity index (χ4v) is 3.14. The lowest BCUT2D eigenvalue weighted by Crippen LogP contribution is -2.34. The number of aromatic nitrogens is 4. The fraction of sp³-hybridized carbons (Fsp3) is 0.643. The predicted molar refractivity (Wildman–Crippen MR) is 82.6 cm³/mol. The van der Waals surface area contributed by atoms with Crippen molar-refractivity contribution in [3.63, 3.8) is 0 Å². The Labute approximate surface area is 132 Å². The molecule has 1 aliphatic rings. The van der Waals surface area contributed by atoms with Crippen LogP contribution in [-0.2, 0) is 10.5 Å². The van der Waals surface area contributed by atoms with Crippen LogP contribution in [-0.4, -0.2) is 48.5 Å². The molecule has 5 N–H and O–H groups in total. The molecule has 0 radical (unpaired) electrons. The molecule has 0 saturated carbocycles. The maximum atomic E-state index is 11.9. The molecule has 0 aliphatic carbocycles. The second kappa shape index (κ2) is 5.91. The van der Waals surface area contributed by atoms with E-state index in [1.54, 1.807) is 4.57 Å². The largest absolute Gasteiger partial charge is 0.394 e. The standard InChI is InChI=1S/C14H21N5O4/c1-2-3-4-14(5-8(21)9(6-20)23-14)19-7-16-10-11(19)17-13(15)18-12(10)22/h7-9,20-21H,2-6H2,1H3,(H3,15,17,18,22)/t8-,9+,14+/m0/s1. The molecule has 3 heterocycles. The molecule has 0 unspecified atom stereocenters. The van der Waals surface area contributed by atoms with Crippen molar-refractivity contribution >= 4 is 17.1 Å². The third kappa shape index (κ3) is 2.60. The first-order valence-corrected chi connectivity index (χ1v) is 7.71. The van der Waals surface area contributed by atoms with E-state index < -0.39 is 23.5 Å². The van der Waals surface area contributed by atoms with E-state index in [2.05, 4.69) is 21.9 Å². The molecule has 23 heavy (non-hydrogen) atoms. The molecule has 0 amide bonds. The Morgan fingerprint density at radius 2 is 2.39 bits per heavy atom. The topological polar surface area (TPSA) is 139 Å². The molecule has 1 aliphatic heterocycles. The molecule has 2 aromatic heterocycles. The van der Waals surface area contributed by atoms with Gasteiger partial charge in [0.2, 0.25) is 5.95 Å². The van der Waals surface area contributed by atoms with Crippen LogP contribution in [0.1, 0.15) is 32.6 Å². The van der Waals surface area contributed by atoms with Gasteiger partial charge in [-0.3, -0.25) is 14.3 Å². The molecule has 0 spiro atoms. The molecule has 9 nitrogen and oxygen atoms in total. The zero-order chi connectivity index (χ0) is 16.6. The van der Waals surface area contributed by atoms with Crippen molar-refractivity contribution in [2.24, 2.45) is 0 Å². The Morgan fingerprint density at radius 1 is 1.61 bits per heavy atom. The number of aromatic amines is 1. The molecule has 0 aromatic carbocycles. The summed E-state index contributed by atoms with van der Waals surface area (Å²) in [5.74, 6) is -0.00727. The number of nitrogens with one attached hydrogen (secondary N) is 1. The number of nitrogens with zero attached hydrogens (tertiary/aromatic N) is 3. The van der Waals surface area contributed by atoms with Gasteiger partial charge < -0.3 is 20.7 Å². The molecule has 1 fully saturated rings. The second-order valence-electron chi connectivity index (χ2n) is 5.90. The number of nitrogen functional groups attached to an aromatic ring is 1. The zero-order valence-electron chi connectivity index (χ0n) is 12.9. The number of hydrogen-bond donors (Lipinski definition) is 4. The highest BCUT2D eigenvalue weighted by Crippen LogP contribution is 2.40. The Balaban J connectivity index is 2.13. The summed E-state index contributed by atoms with van der Waals surface area (Å²) in [6.07, 6.45) is 2.69. The van der Waals surface area contributed by atoms with E-state index >= 15 is 0 Å². The number of unbranched alkanes of at least 4 members (excludes halogenated alkanes) is 1. The Bertz CT molecular complexity index is 757. The lowest BCUT2D eigenvalue weighted by atomic mass is 10.00. The first-order valence-electron chi connectivity index (χ1n) is 7.71. The number of ether oxygens (including phenoxy) is 1. The maximum absolute atomic E-state index is 11.9. The average Bonchev–Trinajstić information content (AvgIpc) is 3.07. The minimum absolute atomic E-state index is 0.00727. The van der Waals surface area contributed by atoms with Crippen LogP contribution < -0.4 is 11.3 Å². The summed E-state index contributed by atoms with van der Waals surface area (Å²) in [6, 6.07) is 0. The van der Waals surface area contributed by atoms with Gasteiger partial charge in [0.15, 0.2) is 16.9 Å². The minimum Gasteiger partial charge on any atom is -0.394 e. The van der Waals surface area contributed by atoms with E-state index in [1.807, 2.05) is 0 Å². The van der Waals surface area contributed by atoms with Crippen molar-refractivity contribution in [1.82, 2.24) is 19.5 Å². The van der Waals surface area contributed by atoms with Crippen LogP contribution in [0.15, 0.2) is 11.1 Å². The van der Waals surface area contributed by atoms with E-state index in [1.165, 1.54) is 6.33 Å². The molecule has 126 valence electrons. The van der Waals surface area contributed by atoms with E-state index in [0.29, 0.717) is 12.1 Å². The number of H-pyrrole nitrogens is 1. The zero-order valence-corrected chi connectivity index (χ0v) is 12.9. The number of rotatable bonds is 5. The van der Waals surface area contributed by atoms with Crippen molar-refractivity contribution < 1.29 is 14.9 Å². The molecule has 1 saturated heterocycles.